The fourth-order valence-corrected chi connectivity index (χ4v) is 2.72. The van der Waals surface area contributed by atoms with Crippen molar-refractivity contribution in [2.45, 2.75) is 26.2 Å². The molecule has 0 aliphatic carbocycles. The van der Waals surface area contributed by atoms with E-state index in [4.69, 9.17) is 20.2 Å². The average molecular weight is 348 g/mol. The summed E-state index contributed by atoms with van der Waals surface area (Å²) in [6, 6.07) is 7.97. The number of guanidine groups is 1. The first kappa shape index (κ1) is 19.5. The number of anilines is 1. The van der Waals surface area contributed by atoms with Gasteiger partial charge >= 0.3 is 0 Å². The molecule has 0 bridgehead atoms. The number of hydrogen-bond acceptors (Lipinski definition) is 4. The zero-order valence-corrected chi connectivity index (χ0v) is 15.5. The molecule has 0 radical (unpaired) electrons. The van der Waals surface area contributed by atoms with E-state index in [1.807, 2.05) is 24.3 Å². The number of ether oxygens (including phenoxy) is 2. The third kappa shape index (κ3) is 6.92. The highest BCUT2D eigenvalue weighted by atomic mass is 16.5. The number of piperidine rings is 1. The second-order valence-electron chi connectivity index (χ2n) is 6.51. The van der Waals surface area contributed by atoms with Gasteiger partial charge in [-0.25, -0.2) is 0 Å². The Hall–Kier alpha value is -1.79. The van der Waals surface area contributed by atoms with E-state index in [1.54, 1.807) is 7.11 Å². The average Bonchev–Trinajstić information content (AvgIpc) is 2.63. The van der Waals surface area contributed by atoms with Crippen LogP contribution in [-0.4, -0.2) is 57.4 Å². The van der Waals surface area contributed by atoms with Gasteiger partial charge in [-0.3, -0.25) is 4.99 Å². The molecule has 0 aromatic heterocycles. The molecule has 1 fully saturated rings. The summed E-state index contributed by atoms with van der Waals surface area (Å²) < 4.78 is 10.6. The van der Waals surface area contributed by atoms with E-state index in [0.29, 0.717) is 19.8 Å². The van der Waals surface area contributed by atoms with Crippen LogP contribution in [0.25, 0.3) is 0 Å². The van der Waals surface area contributed by atoms with Gasteiger partial charge in [-0.15, -0.1) is 0 Å². The maximum atomic E-state index is 5.61. The molecule has 2 rings (SSSR count). The van der Waals surface area contributed by atoms with Gasteiger partial charge in [0.1, 0.15) is 12.4 Å². The predicted octanol–water partition coefficient (Wildman–Crippen LogP) is 2.56. The molecule has 140 valence electrons. The lowest BCUT2D eigenvalue weighted by atomic mass is 9.99. The van der Waals surface area contributed by atoms with Gasteiger partial charge in [0, 0.05) is 32.4 Å². The number of methoxy groups -OCH3 is 1. The van der Waals surface area contributed by atoms with Crippen LogP contribution in [0.3, 0.4) is 0 Å². The van der Waals surface area contributed by atoms with E-state index in [-0.39, 0.29) is 0 Å². The predicted molar refractivity (Wildman–Crippen MR) is 103 cm³/mol. The molecule has 1 aliphatic rings. The molecule has 6 heteroatoms. The molecule has 0 amide bonds. The SMILES string of the molecule is COCCOc1ccc(NC(=NCCCN)N2CCC(C)CC2)cc1. The van der Waals surface area contributed by atoms with Crippen LogP contribution in [0, 0.1) is 5.92 Å². The van der Waals surface area contributed by atoms with Crippen LogP contribution in [0.5, 0.6) is 5.75 Å². The zero-order valence-electron chi connectivity index (χ0n) is 15.5. The summed E-state index contributed by atoms with van der Waals surface area (Å²) in [4.78, 5) is 7.09. The molecular formula is C19H32N4O2. The molecule has 0 spiro atoms. The molecule has 1 aliphatic heterocycles. The third-order valence-corrected chi connectivity index (χ3v) is 4.37. The first-order valence-corrected chi connectivity index (χ1v) is 9.21. The van der Waals surface area contributed by atoms with E-state index in [2.05, 4.69) is 17.1 Å². The Morgan fingerprint density at radius 3 is 2.60 bits per heavy atom. The van der Waals surface area contributed by atoms with Gasteiger partial charge in [0.2, 0.25) is 0 Å². The van der Waals surface area contributed by atoms with Crippen molar-refractivity contribution in [2.24, 2.45) is 16.6 Å². The number of nitrogens with one attached hydrogen (secondary N) is 1. The van der Waals surface area contributed by atoms with E-state index in [9.17, 15) is 0 Å². The smallest absolute Gasteiger partial charge is 0.198 e. The minimum Gasteiger partial charge on any atom is -0.491 e. The highest BCUT2D eigenvalue weighted by Crippen LogP contribution is 2.19. The van der Waals surface area contributed by atoms with E-state index < -0.39 is 0 Å². The first-order valence-electron chi connectivity index (χ1n) is 9.21. The molecule has 1 saturated heterocycles. The zero-order chi connectivity index (χ0) is 17.9. The molecule has 0 unspecified atom stereocenters. The standard InChI is InChI=1S/C19H32N4O2/c1-16-8-12-23(13-9-16)19(21-11-3-10-20)22-17-4-6-18(7-5-17)25-15-14-24-2/h4-7,16H,3,8-15,20H2,1-2H3,(H,21,22). The van der Waals surface area contributed by atoms with Crippen molar-refractivity contribution in [2.75, 3.05) is 51.8 Å². The van der Waals surface area contributed by atoms with Crippen molar-refractivity contribution in [1.29, 1.82) is 0 Å². The molecular weight excluding hydrogens is 316 g/mol. The second kappa shape index (κ2) is 10.9. The fourth-order valence-electron chi connectivity index (χ4n) is 2.72. The van der Waals surface area contributed by atoms with Gasteiger partial charge in [-0.05, 0) is 56.0 Å². The molecule has 1 heterocycles. The Morgan fingerprint density at radius 1 is 1.24 bits per heavy atom. The lowest BCUT2D eigenvalue weighted by molar-refractivity contribution is 0.146. The third-order valence-electron chi connectivity index (χ3n) is 4.37. The topological polar surface area (TPSA) is 72.1 Å². The summed E-state index contributed by atoms with van der Waals surface area (Å²) >= 11 is 0. The number of hydrogen-bond donors (Lipinski definition) is 2. The maximum Gasteiger partial charge on any atom is 0.198 e. The Labute approximate surface area is 151 Å². The lowest BCUT2D eigenvalue weighted by Crippen LogP contribution is -2.42. The number of aliphatic imine (C=N–C) groups is 1. The summed E-state index contributed by atoms with van der Waals surface area (Å²) in [7, 11) is 1.67. The number of benzene rings is 1. The van der Waals surface area contributed by atoms with Crippen molar-refractivity contribution in [3.63, 3.8) is 0 Å². The van der Waals surface area contributed by atoms with Crippen molar-refractivity contribution in [1.82, 2.24) is 4.90 Å². The van der Waals surface area contributed by atoms with Crippen molar-refractivity contribution in [3.05, 3.63) is 24.3 Å². The van der Waals surface area contributed by atoms with Crippen molar-refractivity contribution < 1.29 is 9.47 Å². The van der Waals surface area contributed by atoms with Gasteiger partial charge in [0.25, 0.3) is 0 Å². The van der Waals surface area contributed by atoms with Crippen LogP contribution in [0.4, 0.5) is 5.69 Å². The second-order valence-corrected chi connectivity index (χ2v) is 6.51. The monoisotopic (exact) mass is 348 g/mol. The molecule has 3 N–H and O–H groups in total. The van der Waals surface area contributed by atoms with Crippen molar-refractivity contribution in [3.8, 4) is 5.75 Å². The highest BCUT2D eigenvalue weighted by Gasteiger charge is 2.19. The number of nitrogens with two attached hydrogens (primary N) is 1. The van der Waals surface area contributed by atoms with Crippen LogP contribution in [0.2, 0.25) is 0 Å². The Bertz CT molecular complexity index is 511. The molecule has 6 nitrogen and oxygen atoms in total. The minimum absolute atomic E-state index is 0.557. The summed E-state index contributed by atoms with van der Waals surface area (Å²) in [5.41, 5.74) is 6.62. The Morgan fingerprint density at radius 2 is 1.96 bits per heavy atom. The summed E-state index contributed by atoms with van der Waals surface area (Å²) in [6.07, 6.45) is 3.33. The quantitative estimate of drug-likeness (QED) is 0.429. The largest absolute Gasteiger partial charge is 0.491 e. The van der Waals surface area contributed by atoms with Gasteiger partial charge < -0.3 is 25.4 Å². The fraction of sp³-hybridized carbons (Fsp3) is 0.632. The minimum atomic E-state index is 0.557. The lowest BCUT2D eigenvalue weighted by Gasteiger charge is -2.33. The van der Waals surface area contributed by atoms with Crippen LogP contribution in [0.1, 0.15) is 26.2 Å². The summed E-state index contributed by atoms with van der Waals surface area (Å²) in [5, 5.41) is 3.47. The number of likely N-dealkylation sites (tertiary alicyclic amines) is 1. The van der Waals surface area contributed by atoms with Gasteiger partial charge in [-0.1, -0.05) is 6.92 Å². The maximum absolute atomic E-state index is 5.61. The summed E-state index contributed by atoms with van der Waals surface area (Å²) in [5.74, 6) is 2.59. The number of rotatable bonds is 8. The molecule has 1 aromatic rings. The Kier molecular flexibility index (Phi) is 8.55. The highest BCUT2D eigenvalue weighted by molar-refractivity contribution is 5.93. The van der Waals surface area contributed by atoms with Crippen LogP contribution in [0.15, 0.2) is 29.3 Å². The van der Waals surface area contributed by atoms with Gasteiger partial charge in [0.15, 0.2) is 5.96 Å². The van der Waals surface area contributed by atoms with Crippen molar-refractivity contribution >= 4 is 11.6 Å². The molecule has 0 saturated carbocycles. The van der Waals surface area contributed by atoms with E-state index in [0.717, 1.165) is 49.4 Å². The van der Waals surface area contributed by atoms with E-state index in [1.165, 1.54) is 12.8 Å². The molecule has 1 aromatic carbocycles. The first-order chi connectivity index (χ1) is 12.2. The van der Waals surface area contributed by atoms with Crippen LogP contribution < -0.4 is 15.8 Å². The number of nitrogens with zero attached hydrogens (tertiary/aromatic N) is 2. The van der Waals surface area contributed by atoms with Gasteiger partial charge in [-0.2, -0.15) is 0 Å². The van der Waals surface area contributed by atoms with E-state index >= 15 is 0 Å². The van der Waals surface area contributed by atoms with Crippen LogP contribution in [-0.2, 0) is 4.74 Å². The van der Waals surface area contributed by atoms with Crippen LogP contribution >= 0.6 is 0 Å². The summed E-state index contributed by atoms with van der Waals surface area (Å²) in [6.45, 7) is 6.98. The van der Waals surface area contributed by atoms with Gasteiger partial charge in [0.05, 0.1) is 6.61 Å². The molecule has 0 atom stereocenters. The Balaban J connectivity index is 1.96. The normalized spacial score (nSPS) is 16.1. The molecule has 25 heavy (non-hydrogen) atoms.